The molecule has 0 radical (unpaired) electrons. The van der Waals surface area contributed by atoms with Gasteiger partial charge in [-0.25, -0.2) is 8.78 Å². The minimum absolute atomic E-state index is 0.00519. The number of carbonyl (C=O) groups excluding carboxylic acids is 1. The SMILES string of the molecule is CN(C)/C=C/C(=O)c1cc(F)cc(F)c1. The van der Waals surface area contributed by atoms with E-state index in [1.165, 1.54) is 12.3 Å². The second-order valence-electron chi connectivity index (χ2n) is 3.30. The fourth-order valence-corrected chi connectivity index (χ4v) is 1.01. The van der Waals surface area contributed by atoms with Crippen LogP contribution in [0.25, 0.3) is 0 Å². The lowest BCUT2D eigenvalue weighted by Gasteiger charge is -2.02. The Balaban J connectivity index is 2.91. The minimum Gasteiger partial charge on any atom is -0.383 e. The molecule has 0 atom stereocenters. The Bertz CT molecular complexity index is 379. The summed E-state index contributed by atoms with van der Waals surface area (Å²) in [4.78, 5) is 13.1. The van der Waals surface area contributed by atoms with Crippen molar-refractivity contribution in [3.05, 3.63) is 47.7 Å². The summed E-state index contributed by atoms with van der Waals surface area (Å²) < 4.78 is 25.5. The summed E-state index contributed by atoms with van der Waals surface area (Å²) in [6, 6.07) is 2.74. The molecule has 15 heavy (non-hydrogen) atoms. The summed E-state index contributed by atoms with van der Waals surface area (Å²) in [6.45, 7) is 0. The van der Waals surface area contributed by atoms with Crippen molar-refractivity contribution in [3.63, 3.8) is 0 Å². The molecule has 0 aliphatic heterocycles. The summed E-state index contributed by atoms with van der Waals surface area (Å²) >= 11 is 0. The highest BCUT2D eigenvalue weighted by atomic mass is 19.1. The van der Waals surface area contributed by atoms with Crippen molar-refractivity contribution in [1.29, 1.82) is 0 Å². The highest BCUT2D eigenvalue weighted by molar-refractivity contribution is 6.04. The molecule has 1 rings (SSSR count). The van der Waals surface area contributed by atoms with Crippen LogP contribution in [0.3, 0.4) is 0 Å². The summed E-state index contributed by atoms with van der Waals surface area (Å²) in [5.74, 6) is -1.93. The lowest BCUT2D eigenvalue weighted by molar-refractivity contribution is 0.104. The highest BCUT2D eigenvalue weighted by Crippen LogP contribution is 2.09. The quantitative estimate of drug-likeness (QED) is 0.564. The third-order valence-electron chi connectivity index (χ3n) is 1.67. The smallest absolute Gasteiger partial charge is 0.187 e. The van der Waals surface area contributed by atoms with Crippen LogP contribution in [0.1, 0.15) is 10.4 Å². The van der Waals surface area contributed by atoms with Crippen molar-refractivity contribution in [1.82, 2.24) is 4.90 Å². The summed E-state index contributed by atoms with van der Waals surface area (Å²) in [5, 5.41) is 0. The number of hydrogen-bond acceptors (Lipinski definition) is 2. The van der Waals surface area contributed by atoms with E-state index in [-0.39, 0.29) is 5.56 Å². The number of benzene rings is 1. The lowest BCUT2D eigenvalue weighted by Crippen LogP contribution is -2.03. The molecule has 2 nitrogen and oxygen atoms in total. The first-order valence-electron chi connectivity index (χ1n) is 4.34. The summed E-state index contributed by atoms with van der Waals surface area (Å²) in [5.41, 5.74) is 0.00519. The van der Waals surface area contributed by atoms with Crippen LogP contribution in [0.5, 0.6) is 0 Å². The van der Waals surface area contributed by atoms with Gasteiger partial charge in [0.05, 0.1) is 0 Å². The van der Waals surface area contributed by atoms with Gasteiger partial charge in [0, 0.05) is 38.0 Å². The van der Waals surface area contributed by atoms with Crippen LogP contribution in [-0.4, -0.2) is 24.8 Å². The maximum absolute atomic E-state index is 12.8. The van der Waals surface area contributed by atoms with Crippen molar-refractivity contribution in [2.24, 2.45) is 0 Å². The van der Waals surface area contributed by atoms with E-state index < -0.39 is 17.4 Å². The van der Waals surface area contributed by atoms with Gasteiger partial charge in [0.15, 0.2) is 5.78 Å². The van der Waals surface area contributed by atoms with Gasteiger partial charge < -0.3 is 4.90 Å². The van der Waals surface area contributed by atoms with Gasteiger partial charge in [-0.05, 0) is 12.1 Å². The Morgan fingerprint density at radius 2 is 1.73 bits per heavy atom. The average Bonchev–Trinajstić information content (AvgIpc) is 2.12. The largest absolute Gasteiger partial charge is 0.383 e. The molecule has 0 spiro atoms. The van der Waals surface area contributed by atoms with Gasteiger partial charge in [-0.15, -0.1) is 0 Å². The monoisotopic (exact) mass is 211 g/mol. The van der Waals surface area contributed by atoms with Crippen molar-refractivity contribution in [3.8, 4) is 0 Å². The Morgan fingerprint density at radius 1 is 1.20 bits per heavy atom. The molecule has 0 heterocycles. The van der Waals surface area contributed by atoms with Gasteiger partial charge in [0.2, 0.25) is 0 Å². The zero-order valence-corrected chi connectivity index (χ0v) is 8.50. The Hall–Kier alpha value is -1.71. The number of ketones is 1. The molecule has 0 aliphatic carbocycles. The predicted molar refractivity (Wildman–Crippen MR) is 53.5 cm³/mol. The van der Waals surface area contributed by atoms with E-state index in [1.54, 1.807) is 19.0 Å². The zero-order valence-electron chi connectivity index (χ0n) is 8.50. The Morgan fingerprint density at radius 3 is 2.20 bits per heavy atom. The molecule has 0 fully saturated rings. The molecule has 1 aromatic carbocycles. The topological polar surface area (TPSA) is 20.3 Å². The van der Waals surface area contributed by atoms with Crippen LogP contribution in [0, 0.1) is 11.6 Å². The van der Waals surface area contributed by atoms with Gasteiger partial charge in [0.1, 0.15) is 11.6 Å². The molecular weight excluding hydrogens is 200 g/mol. The first-order chi connectivity index (χ1) is 6.99. The first-order valence-corrected chi connectivity index (χ1v) is 4.34. The van der Waals surface area contributed by atoms with Gasteiger partial charge in [-0.3, -0.25) is 4.79 Å². The molecule has 1 aromatic rings. The number of hydrogen-bond donors (Lipinski definition) is 0. The van der Waals surface area contributed by atoms with Gasteiger partial charge in [0.25, 0.3) is 0 Å². The number of carbonyl (C=O) groups is 1. The normalized spacial score (nSPS) is 10.7. The van der Waals surface area contributed by atoms with Crippen LogP contribution in [0.4, 0.5) is 8.78 Å². The Kier molecular flexibility index (Phi) is 3.55. The molecule has 0 saturated carbocycles. The van der Waals surface area contributed by atoms with E-state index >= 15 is 0 Å². The molecule has 0 bridgehead atoms. The van der Waals surface area contributed by atoms with Crippen LogP contribution in [0.15, 0.2) is 30.5 Å². The van der Waals surface area contributed by atoms with Gasteiger partial charge in [-0.1, -0.05) is 0 Å². The van der Waals surface area contributed by atoms with Crippen molar-refractivity contribution >= 4 is 5.78 Å². The third-order valence-corrected chi connectivity index (χ3v) is 1.67. The van der Waals surface area contributed by atoms with E-state index in [1.807, 2.05) is 0 Å². The van der Waals surface area contributed by atoms with Crippen LogP contribution in [0.2, 0.25) is 0 Å². The zero-order chi connectivity index (χ0) is 11.4. The van der Waals surface area contributed by atoms with Crippen molar-refractivity contribution < 1.29 is 13.6 Å². The van der Waals surface area contributed by atoms with Crippen LogP contribution >= 0.6 is 0 Å². The third kappa shape index (κ3) is 3.50. The molecule has 0 aliphatic rings. The van der Waals surface area contributed by atoms with Crippen molar-refractivity contribution in [2.75, 3.05) is 14.1 Å². The van der Waals surface area contributed by atoms with Gasteiger partial charge in [-0.2, -0.15) is 0 Å². The second-order valence-corrected chi connectivity index (χ2v) is 3.30. The van der Waals surface area contributed by atoms with E-state index in [4.69, 9.17) is 0 Å². The maximum atomic E-state index is 12.8. The molecule has 0 saturated heterocycles. The average molecular weight is 211 g/mol. The molecule has 0 N–H and O–H groups in total. The summed E-state index contributed by atoms with van der Waals surface area (Å²) in [7, 11) is 3.49. The van der Waals surface area contributed by atoms with Gasteiger partial charge >= 0.3 is 0 Å². The minimum atomic E-state index is -0.753. The lowest BCUT2D eigenvalue weighted by atomic mass is 10.1. The first kappa shape index (κ1) is 11.4. The van der Waals surface area contributed by atoms with E-state index in [9.17, 15) is 13.6 Å². The molecule has 4 heteroatoms. The van der Waals surface area contributed by atoms with Crippen LogP contribution < -0.4 is 0 Å². The molecule has 0 unspecified atom stereocenters. The van der Waals surface area contributed by atoms with Crippen LogP contribution in [-0.2, 0) is 0 Å². The number of rotatable bonds is 3. The second kappa shape index (κ2) is 4.68. The molecule has 80 valence electrons. The fraction of sp³-hybridized carbons (Fsp3) is 0.182. The van der Waals surface area contributed by atoms with Crippen molar-refractivity contribution in [2.45, 2.75) is 0 Å². The van der Waals surface area contributed by atoms with E-state index in [2.05, 4.69) is 0 Å². The number of halogens is 2. The fourth-order valence-electron chi connectivity index (χ4n) is 1.01. The predicted octanol–water partition coefficient (Wildman–Crippen LogP) is 2.22. The molecule has 0 aromatic heterocycles. The molecular formula is C11H11F2NO. The highest BCUT2D eigenvalue weighted by Gasteiger charge is 2.05. The Labute approximate surface area is 86.8 Å². The standard InChI is InChI=1S/C11H11F2NO/c1-14(2)4-3-11(15)8-5-9(12)7-10(13)6-8/h3-7H,1-2H3/b4-3+. The maximum Gasteiger partial charge on any atom is 0.187 e. The van der Waals surface area contributed by atoms with E-state index in [0.717, 1.165) is 18.2 Å². The number of allylic oxidation sites excluding steroid dienone is 1. The number of nitrogens with zero attached hydrogens (tertiary/aromatic N) is 1. The summed E-state index contributed by atoms with van der Waals surface area (Å²) in [6.07, 6.45) is 2.78. The molecule has 0 amide bonds. The van der Waals surface area contributed by atoms with E-state index in [0.29, 0.717) is 0 Å².